The molecule has 1 N–H and O–H groups in total. The van der Waals surface area contributed by atoms with Crippen LogP contribution in [0.5, 0.6) is 5.75 Å². The normalized spacial score (nSPS) is 11.9. The molecule has 0 fully saturated rings. The van der Waals surface area contributed by atoms with Crippen molar-refractivity contribution in [1.29, 1.82) is 0 Å². The number of ketones is 1. The van der Waals surface area contributed by atoms with E-state index in [4.69, 9.17) is 0 Å². The number of phenols is 1. The lowest BCUT2D eigenvalue weighted by Crippen LogP contribution is -2.06. The smallest absolute Gasteiger partial charge is 0.167 e. The monoisotopic (exact) mass is 425 g/mol. The van der Waals surface area contributed by atoms with E-state index in [1.807, 2.05) is 71.5 Å². The van der Waals surface area contributed by atoms with Crippen molar-refractivity contribution in [2.24, 2.45) is 5.92 Å². The summed E-state index contributed by atoms with van der Waals surface area (Å²) in [6, 6.07) is 22.6. The average Bonchev–Trinajstić information content (AvgIpc) is 3.28. The molecule has 0 aliphatic heterocycles. The fourth-order valence-electron chi connectivity index (χ4n) is 3.55. The van der Waals surface area contributed by atoms with Crippen LogP contribution in [0.1, 0.15) is 36.2 Å². The van der Waals surface area contributed by atoms with Crippen molar-refractivity contribution < 1.29 is 9.90 Å². The minimum absolute atomic E-state index is 0.0782. The van der Waals surface area contributed by atoms with E-state index in [1.165, 1.54) is 0 Å². The Morgan fingerprint density at radius 2 is 1.50 bits per heavy atom. The molecule has 1 atom stereocenters. The lowest BCUT2D eigenvalue weighted by Gasteiger charge is -2.06. The quantitative estimate of drug-likeness (QED) is 0.363. The van der Waals surface area contributed by atoms with Crippen molar-refractivity contribution in [2.45, 2.75) is 33.2 Å². The van der Waals surface area contributed by atoms with E-state index in [9.17, 15) is 9.90 Å². The van der Waals surface area contributed by atoms with Gasteiger partial charge in [-0.25, -0.2) is 0 Å². The van der Waals surface area contributed by atoms with Gasteiger partial charge in [-0.05, 0) is 34.7 Å². The van der Waals surface area contributed by atoms with Crippen molar-refractivity contribution in [3.63, 3.8) is 0 Å². The van der Waals surface area contributed by atoms with Gasteiger partial charge in [0.1, 0.15) is 11.4 Å². The zero-order valence-electron chi connectivity index (χ0n) is 18.4. The number of carbonyl (C=O) groups is 1. The number of carbonyl (C=O) groups excluding carboxylic acids is 1. The lowest BCUT2D eigenvalue weighted by molar-refractivity contribution is 0.0993. The Balaban J connectivity index is 1.40. The first kappa shape index (κ1) is 21.5. The third kappa shape index (κ3) is 5.11. The first-order valence-corrected chi connectivity index (χ1v) is 10.9. The molecule has 32 heavy (non-hydrogen) atoms. The summed E-state index contributed by atoms with van der Waals surface area (Å²) in [5.41, 5.74) is 5.49. The van der Waals surface area contributed by atoms with Crippen molar-refractivity contribution in [1.82, 2.24) is 15.0 Å². The number of hydrogen-bond acceptors (Lipinski definition) is 4. The van der Waals surface area contributed by atoms with Gasteiger partial charge in [0.2, 0.25) is 0 Å². The molecule has 0 aliphatic rings. The first-order valence-electron chi connectivity index (χ1n) is 10.9. The maximum Gasteiger partial charge on any atom is 0.167 e. The molecule has 0 saturated heterocycles. The number of rotatable bonds is 8. The molecule has 0 amide bonds. The largest absolute Gasteiger partial charge is 0.508 e. The van der Waals surface area contributed by atoms with Gasteiger partial charge in [-0.2, -0.15) is 0 Å². The first-order chi connectivity index (χ1) is 15.5. The van der Waals surface area contributed by atoms with E-state index in [-0.39, 0.29) is 11.5 Å². The summed E-state index contributed by atoms with van der Waals surface area (Å²) in [6.07, 6.45) is 3.43. The maximum atomic E-state index is 12.7. The van der Waals surface area contributed by atoms with Gasteiger partial charge >= 0.3 is 0 Å². The standard InChI is InChI=1S/C27H27N3O2/c1-3-19(2)17-30-18-26(28-29-30)23-6-4-20(5-7-23)16-27(32)24-10-8-21(9-11-24)22-12-14-25(31)15-13-22/h4-15,18-19,31H,3,16-17H2,1-2H3/t19-/m0/s1. The second-order valence-electron chi connectivity index (χ2n) is 8.26. The van der Waals surface area contributed by atoms with Crippen LogP contribution in [0.2, 0.25) is 0 Å². The molecule has 162 valence electrons. The van der Waals surface area contributed by atoms with Gasteiger partial charge in [-0.15, -0.1) is 5.10 Å². The third-order valence-electron chi connectivity index (χ3n) is 5.76. The zero-order chi connectivity index (χ0) is 22.5. The highest BCUT2D eigenvalue weighted by atomic mass is 16.3. The second kappa shape index (κ2) is 9.60. The van der Waals surface area contributed by atoms with E-state index < -0.39 is 0 Å². The van der Waals surface area contributed by atoms with Crippen molar-refractivity contribution >= 4 is 5.78 Å². The molecule has 1 aromatic heterocycles. The van der Waals surface area contributed by atoms with Gasteiger partial charge in [-0.1, -0.05) is 86.1 Å². The average molecular weight is 426 g/mol. The van der Waals surface area contributed by atoms with Gasteiger partial charge in [-0.3, -0.25) is 9.48 Å². The van der Waals surface area contributed by atoms with E-state index in [0.717, 1.165) is 40.9 Å². The van der Waals surface area contributed by atoms with Crippen molar-refractivity contribution in [2.75, 3.05) is 0 Å². The Labute approximate surface area is 188 Å². The molecule has 0 aliphatic carbocycles. The van der Waals surface area contributed by atoms with Crippen LogP contribution in [0.3, 0.4) is 0 Å². The Hall–Kier alpha value is -3.73. The summed E-state index contributed by atoms with van der Waals surface area (Å²) in [5, 5.41) is 17.9. The Morgan fingerprint density at radius 1 is 0.906 bits per heavy atom. The maximum absolute atomic E-state index is 12.7. The van der Waals surface area contributed by atoms with Gasteiger partial charge in [0.25, 0.3) is 0 Å². The predicted molar refractivity (Wildman–Crippen MR) is 126 cm³/mol. The highest BCUT2D eigenvalue weighted by molar-refractivity contribution is 5.98. The van der Waals surface area contributed by atoms with Crippen LogP contribution in [0, 0.1) is 5.92 Å². The number of benzene rings is 3. The molecule has 1 heterocycles. The summed E-state index contributed by atoms with van der Waals surface area (Å²) in [7, 11) is 0. The number of nitrogens with zero attached hydrogens (tertiary/aromatic N) is 3. The van der Waals surface area contributed by atoms with Crippen molar-refractivity contribution in [3.05, 3.63) is 90.1 Å². The molecular formula is C27H27N3O2. The van der Waals surface area contributed by atoms with Crippen LogP contribution in [-0.4, -0.2) is 25.9 Å². The second-order valence-corrected chi connectivity index (χ2v) is 8.26. The molecule has 0 unspecified atom stereocenters. The minimum Gasteiger partial charge on any atom is -0.508 e. The Bertz CT molecular complexity index is 1180. The van der Waals surface area contributed by atoms with Crippen LogP contribution < -0.4 is 0 Å². The van der Waals surface area contributed by atoms with Gasteiger partial charge in [0.05, 0.1) is 6.20 Å². The number of Topliss-reactive ketones (excluding diaryl/α,β-unsaturated/α-hetero) is 1. The number of phenolic OH excluding ortho intramolecular Hbond substituents is 1. The van der Waals surface area contributed by atoms with Crippen LogP contribution in [0.4, 0.5) is 0 Å². The zero-order valence-corrected chi connectivity index (χ0v) is 18.4. The Kier molecular flexibility index (Phi) is 6.45. The van der Waals surface area contributed by atoms with Gasteiger partial charge in [0, 0.05) is 24.1 Å². The van der Waals surface area contributed by atoms with Crippen LogP contribution >= 0.6 is 0 Å². The summed E-state index contributed by atoms with van der Waals surface area (Å²) in [4.78, 5) is 12.7. The van der Waals surface area contributed by atoms with Gasteiger partial charge < -0.3 is 5.11 Å². The third-order valence-corrected chi connectivity index (χ3v) is 5.76. The van der Waals surface area contributed by atoms with Gasteiger partial charge in [0.15, 0.2) is 5.78 Å². The van der Waals surface area contributed by atoms with Crippen LogP contribution in [0.15, 0.2) is 79.0 Å². The van der Waals surface area contributed by atoms with Crippen LogP contribution in [-0.2, 0) is 13.0 Å². The lowest BCUT2D eigenvalue weighted by atomic mass is 9.99. The summed E-state index contributed by atoms with van der Waals surface area (Å²) in [6.45, 7) is 5.24. The highest BCUT2D eigenvalue weighted by Gasteiger charge is 2.10. The molecule has 3 aromatic carbocycles. The number of aromatic hydroxyl groups is 1. The fraction of sp³-hybridized carbons (Fsp3) is 0.222. The summed E-state index contributed by atoms with van der Waals surface area (Å²) >= 11 is 0. The molecular weight excluding hydrogens is 398 g/mol. The molecule has 5 heteroatoms. The van der Waals surface area contributed by atoms with E-state index in [1.54, 1.807) is 12.1 Å². The van der Waals surface area contributed by atoms with E-state index in [0.29, 0.717) is 17.9 Å². The summed E-state index contributed by atoms with van der Waals surface area (Å²) < 4.78 is 1.89. The Morgan fingerprint density at radius 3 is 2.12 bits per heavy atom. The molecule has 4 aromatic rings. The topological polar surface area (TPSA) is 68.0 Å². The minimum atomic E-state index is 0.0782. The summed E-state index contributed by atoms with van der Waals surface area (Å²) in [5.74, 6) is 0.880. The molecule has 0 saturated carbocycles. The molecule has 0 radical (unpaired) electrons. The van der Waals surface area contributed by atoms with E-state index in [2.05, 4.69) is 24.2 Å². The highest BCUT2D eigenvalue weighted by Crippen LogP contribution is 2.23. The number of hydrogen-bond donors (Lipinski definition) is 1. The SMILES string of the molecule is CC[C@H](C)Cn1cc(-c2ccc(CC(=O)c3ccc(-c4ccc(O)cc4)cc3)cc2)nn1. The molecule has 4 rings (SSSR count). The fourth-order valence-corrected chi connectivity index (χ4v) is 3.55. The van der Waals surface area contributed by atoms with Crippen molar-refractivity contribution in [3.8, 4) is 28.1 Å². The number of aromatic nitrogens is 3. The van der Waals surface area contributed by atoms with E-state index >= 15 is 0 Å². The van der Waals surface area contributed by atoms with Crippen LogP contribution in [0.25, 0.3) is 22.4 Å². The molecule has 0 bridgehead atoms. The predicted octanol–water partition coefficient (Wildman–Crippen LogP) is 5.79. The molecule has 5 nitrogen and oxygen atoms in total. The molecule has 0 spiro atoms.